The molecule has 0 saturated heterocycles. The zero-order valence-electron chi connectivity index (χ0n) is 12.3. The Hall–Kier alpha value is -2.04. The van der Waals surface area contributed by atoms with E-state index in [0.717, 1.165) is 42.7 Å². The second kappa shape index (κ2) is 6.16. The number of carbonyl (C=O) groups excluding carboxylic acids is 1. The van der Waals surface area contributed by atoms with Crippen LogP contribution in [0.1, 0.15) is 32.6 Å². The Bertz CT molecular complexity index is 582. The van der Waals surface area contributed by atoms with Crippen LogP contribution in [0.25, 0.3) is 11.0 Å². The average Bonchev–Trinajstić information content (AvgIpc) is 2.90. The largest absolute Gasteiger partial charge is 0.466 e. The lowest BCUT2D eigenvalue weighted by atomic mass is 9.86. The van der Waals surface area contributed by atoms with Gasteiger partial charge in [0.05, 0.1) is 23.6 Å². The molecule has 1 aliphatic carbocycles. The van der Waals surface area contributed by atoms with Gasteiger partial charge in [0.15, 0.2) is 0 Å². The zero-order chi connectivity index (χ0) is 14.7. The molecule has 0 unspecified atom stereocenters. The molecule has 1 aliphatic rings. The van der Waals surface area contributed by atoms with Crippen molar-refractivity contribution in [3.63, 3.8) is 0 Å². The fourth-order valence-corrected chi connectivity index (χ4v) is 2.95. The summed E-state index contributed by atoms with van der Waals surface area (Å²) in [5, 5.41) is 3.44. The smallest absolute Gasteiger partial charge is 0.308 e. The summed E-state index contributed by atoms with van der Waals surface area (Å²) in [5.74, 6) is 0.842. The third-order valence-electron chi connectivity index (χ3n) is 4.08. The van der Waals surface area contributed by atoms with E-state index in [4.69, 9.17) is 4.74 Å². The number of ether oxygens (including phenoxy) is 1. The van der Waals surface area contributed by atoms with Gasteiger partial charge < -0.3 is 15.0 Å². The summed E-state index contributed by atoms with van der Waals surface area (Å²) < 4.78 is 5.10. The van der Waals surface area contributed by atoms with Crippen LogP contribution in [-0.2, 0) is 9.53 Å². The number of hydrogen-bond donors (Lipinski definition) is 2. The Morgan fingerprint density at radius 1 is 1.33 bits per heavy atom. The SMILES string of the molecule is CCOC(=O)[C@H]1CC[C@H](Nc2nc3ccccc3[nH]2)CC1. The molecule has 1 heterocycles. The van der Waals surface area contributed by atoms with Gasteiger partial charge in [0.25, 0.3) is 0 Å². The van der Waals surface area contributed by atoms with E-state index in [-0.39, 0.29) is 11.9 Å². The molecule has 0 aliphatic heterocycles. The normalized spacial score (nSPS) is 22.1. The monoisotopic (exact) mass is 287 g/mol. The molecule has 3 rings (SSSR count). The molecule has 0 atom stereocenters. The molecule has 1 fully saturated rings. The van der Waals surface area contributed by atoms with Crippen molar-refractivity contribution in [3.8, 4) is 0 Å². The summed E-state index contributed by atoms with van der Waals surface area (Å²) in [6, 6.07) is 8.36. The molecule has 1 aromatic heterocycles. The van der Waals surface area contributed by atoms with Crippen molar-refractivity contribution in [3.05, 3.63) is 24.3 Å². The summed E-state index contributed by atoms with van der Waals surface area (Å²) in [4.78, 5) is 19.5. The lowest BCUT2D eigenvalue weighted by molar-refractivity contribution is -0.149. The number of esters is 1. The van der Waals surface area contributed by atoms with Crippen LogP contribution < -0.4 is 5.32 Å². The molecule has 0 radical (unpaired) electrons. The Morgan fingerprint density at radius 2 is 2.10 bits per heavy atom. The van der Waals surface area contributed by atoms with Crippen LogP contribution in [0.5, 0.6) is 0 Å². The Labute approximate surface area is 124 Å². The summed E-state index contributed by atoms with van der Waals surface area (Å²) in [6.07, 6.45) is 3.72. The maximum Gasteiger partial charge on any atom is 0.308 e. The number of anilines is 1. The number of aromatic amines is 1. The highest BCUT2D eigenvalue weighted by Gasteiger charge is 2.27. The Morgan fingerprint density at radius 3 is 2.81 bits per heavy atom. The van der Waals surface area contributed by atoms with E-state index in [1.807, 2.05) is 31.2 Å². The first-order valence-corrected chi connectivity index (χ1v) is 7.64. The van der Waals surface area contributed by atoms with Crippen LogP contribution in [0.4, 0.5) is 5.95 Å². The predicted octanol–water partition coefficient (Wildman–Crippen LogP) is 3.10. The van der Waals surface area contributed by atoms with Gasteiger partial charge in [0.2, 0.25) is 5.95 Å². The van der Waals surface area contributed by atoms with Gasteiger partial charge in [-0.1, -0.05) is 12.1 Å². The standard InChI is InChI=1S/C16H21N3O2/c1-2-21-15(20)11-7-9-12(10-8-11)17-16-18-13-5-3-4-6-14(13)19-16/h3-6,11-12H,2,7-10H2,1H3,(H2,17,18,19)/t11-,12-. The number of rotatable bonds is 4. The first-order chi connectivity index (χ1) is 10.3. The molecule has 1 saturated carbocycles. The molecule has 0 bridgehead atoms. The van der Waals surface area contributed by atoms with E-state index >= 15 is 0 Å². The first kappa shape index (κ1) is 13.9. The number of fused-ring (bicyclic) bond motifs is 1. The van der Waals surface area contributed by atoms with Gasteiger partial charge in [0.1, 0.15) is 0 Å². The zero-order valence-corrected chi connectivity index (χ0v) is 12.3. The quantitative estimate of drug-likeness (QED) is 0.848. The second-order valence-corrected chi connectivity index (χ2v) is 5.55. The fourth-order valence-electron chi connectivity index (χ4n) is 2.95. The van der Waals surface area contributed by atoms with E-state index in [1.165, 1.54) is 0 Å². The molecule has 5 nitrogen and oxygen atoms in total. The third kappa shape index (κ3) is 3.17. The molecule has 21 heavy (non-hydrogen) atoms. The van der Waals surface area contributed by atoms with Crippen molar-refractivity contribution in [1.82, 2.24) is 9.97 Å². The van der Waals surface area contributed by atoms with Crippen LogP contribution in [0, 0.1) is 5.92 Å². The summed E-state index contributed by atoms with van der Waals surface area (Å²) in [6.45, 7) is 2.32. The van der Waals surface area contributed by atoms with Gasteiger partial charge in [-0.15, -0.1) is 0 Å². The number of imidazole rings is 1. The number of hydrogen-bond acceptors (Lipinski definition) is 4. The van der Waals surface area contributed by atoms with Crippen molar-refractivity contribution in [1.29, 1.82) is 0 Å². The number of carbonyl (C=O) groups is 1. The maximum absolute atomic E-state index is 11.7. The highest BCUT2D eigenvalue weighted by molar-refractivity contribution is 5.77. The topological polar surface area (TPSA) is 67.0 Å². The fraction of sp³-hybridized carbons (Fsp3) is 0.500. The van der Waals surface area contributed by atoms with E-state index < -0.39 is 0 Å². The maximum atomic E-state index is 11.7. The number of benzene rings is 1. The van der Waals surface area contributed by atoms with Crippen LogP contribution in [0.2, 0.25) is 0 Å². The molecule has 5 heteroatoms. The van der Waals surface area contributed by atoms with Gasteiger partial charge in [-0.05, 0) is 44.7 Å². The van der Waals surface area contributed by atoms with E-state index in [1.54, 1.807) is 0 Å². The van der Waals surface area contributed by atoms with Crippen LogP contribution in [0.3, 0.4) is 0 Å². The summed E-state index contributed by atoms with van der Waals surface area (Å²) >= 11 is 0. The van der Waals surface area contributed by atoms with Crippen molar-refractivity contribution in [2.75, 3.05) is 11.9 Å². The minimum Gasteiger partial charge on any atom is -0.466 e. The predicted molar refractivity (Wildman–Crippen MR) is 82.1 cm³/mol. The van der Waals surface area contributed by atoms with Crippen LogP contribution in [0.15, 0.2) is 24.3 Å². The van der Waals surface area contributed by atoms with Crippen LogP contribution >= 0.6 is 0 Å². The molecule has 2 aromatic rings. The summed E-state index contributed by atoms with van der Waals surface area (Å²) in [5.41, 5.74) is 2.01. The van der Waals surface area contributed by atoms with Crippen molar-refractivity contribution >= 4 is 23.0 Å². The lowest BCUT2D eigenvalue weighted by Crippen LogP contribution is -2.30. The van der Waals surface area contributed by atoms with E-state index in [0.29, 0.717) is 12.6 Å². The lowest BCUT2D eigenvalue weighted by Gasteiger charge is -2.27. The molecule has 2 N–H and O–H groups in total. The van der Waals surface area contributed by atoms with Gasteiger partial charge in [-0.25, -0.2) is 4.98 Å². The van der Waals surface area contributed by atoms with Crippen LogP contribution in [-0.4, -0.2) is 28.6 Å². The third-order valence-corrected chi connectivity index (χ3v) is 4.08. The van der Waals surface area contributed by atoms with Crippen molar-refractivity contribution < 1.29 is 9.53 Å². The van der Waals surface area contributed by atoms with Gasteiger partial charge in [-0.3, -0.25) is 4.79 Å². The second-order valence-electron chi connectivity index (χ2n) is 5.55. The van der Waals surface area contributed by atoms with Gasteiger partial charge in [0, 0.05) is 6.04 Å². The number of nitrogens with one attached hydrogen (secondary N) is 2. The van der Waals surface area contributed by atoms with E-state index in [9.17, 15) is 4.79 Å². The molecule has 0 spiro atoms. The number of para-hydroxylation sites is 2. The minimum absolute atomic E-state index is 0.0420. The van der Waals surface area contributed by atoms with Gasteiger partial charge in [-0.2, -0.15) is 0 Å². The Kier molecular flexibility index (Phi) is 4.08. The summed E-state index contributed by atoms with van der Waals surface area (Å²) in [7, 11) is 0. The highest BCUT2D eigenvalue weighted by Crippen LogP contribution is 2.27. The number of nitrogens with zero attached hydrogens (tertiary/aromatic N) is 1. The van der Waals surface area contributed by atoms with Crippen molar-refractivity contribution in [2.24, 2.45) is 5.92 Å². The van der Waals surface area contributed by atoms with Gasteiger partial charge >= 0.3 is 5.97 Å². The number of H-pyrrole nitrogens is 1. The minimum atomic E-state index is -0.0420. The molecule has 1 aromatic carbocycles. The molecule has 0 amide bonds. The first-order valence-electron chi connectivity index (χ1n) is 7.64. The van der Waals surface area contributed by atoms with E-state index in [2.05, 4.69) is 15.3 Å². The molecular weight excluding hydrogens is 266 g/mol. The number of aromatic nitrogens is 2. The Balaban J connectivity index is 1.56. The highest BCUT2D eigenvalue weighted by atomic mass is 16.5. The average molecular weight is 287 g/mol. The molecular formula is C16H21N3O2. The molecule has 112 valence electrons. The van der Waals surface area contributed by atoms with Crippen molar-refractivity contribution in [2.45, 2.75) is 38.6 Å².